The molecule has 0 rings (SSSR count). The summed E-state index contributed by atoms with van der Waals surface area (Å²) < 4.78 is 0. The molecule has 0 aromatic heterocycles. The molecule has 2 heteroatoms. The first-order valence-corrected chi connectivity index (χ1v) is 7.25. The topological polar surface area (TPSA) is 37.3 Å². The molecule has 1 N–H and O–H groups in total. The second-order valence-corrected chi connectivity index (χ2v) is 7.86. The summed E-state index contributed by atoms with van der Waals surface area (Å²) in [7, 11) is 0. The second-order valence-electron chi connectivity index (χ2n) is 7.86. The molecule has 0 unspecified atom stereocenters. The molecule has 0 aliphatic carbocycles. The lowest BCUT2D eigenvalue weighted by atomic mass is 9.70. The van der Waals surface area contributed by atoms with Gasteiger partial charge in [-0.25, -0.2) is 0 Å². The number of carboxylic acid groups (broad SMARTS) is 1. The summed E-state index contributed by atoms with van der Waals surface area (Å²) >= 11 is 0. The van der Waals surface area contributed by atoms with Gasteiger partial charge in [-0.1, -0.05) is 52.7 Å². The Hall–Kier alpha value is -0.790. The van der Waals surface area contributed by atoms with Crippen LogP contribution in [0.3, 0.4) is 0 Å². The lowest BCUT2D eigenvalue weighted by molar-refractivity contribution is -0.148. The van der Waals surface area contributed by atoms with Gasteiger partial charge in [0.15, 0.2) is 0 Å². The minimum absolute atomic E-state index is 0.0777. The van der Waals surface area contributed by atoms with Gasteiger partial charge >= 0.3 is 5.97 Å². The molecule has 2 nitrogen and oxygen atoms in total. The van der Waals surface area contributed by atoms with Crippen molar-refractivity contribution in [3.8, 4) is 0 Å². The van der Waals surface area contributed by atoms with Gasteiger partial charge in [0.2, 0.25) is 0 Å². The van der Waals surface area contributed by atoms with Gasteiger partial charge in [-0.05, 0) is 44.4 Å². The highest BCUT2D eigenvalue weighted by Crippen LogP contribution is 2.40. The van der Waals surface area contributed by atoms with Crippen LogP contribution in [0.1, 0.15) is 74.7 Å². The molecule has 0 fully saturated rings. The fraction of sp³-hybridized carbons (Fsp3) is 0.824. The molecular weight excluding hydrogens is 236 g/mol. The zero-order valence-corrected chi connectivity index (χ0v) is 14.1. The minimum atomic E-state index is -0.720. The third-order valence-electron chi connectivity index (χ3n) is 4.45. The van der Waals surface area contributed by atoms with Crippen molar-refractivity contribution in [1.29, 1.82) is 0 Å². The fourth-order valence-electron chi connectivity index (χ4n) is 2.17. The second kappa shape index (κ2) is 6.11. The summed E-state index contributed by atoms with van der Waals surface area (Å²) in [4.78, 5) is 11.3. The molecule has 0 spiro atoms. The number of allylic oxidation sites excluding steroid dienone is 2. The molecule has 0 saturated heterocycles. The van der Waals surface area contributed by atoms with Crippen LogP contribution in [0, 0.1) is 16.2 Å². The lowest BCUT2D eigenvalue weighted by Crippen LogP contribution is -2.31. The van der Waals surface area contributed by atoms with Crippen LogP contribution in [-0.4, -0.2) is 11.1 Å². The van der Waals surface area contributed by atoms with Crippen LogP contribution >= 0.6 is 0 Å². The Morgan fingerprint density at radius 2 is 1.53 bits per heavy atom. The van der Waals surface area contributed by atoms with E-state index in [1.807, 2.05) is 0 Å². The fourth-order valence-corrected chi connectivity index (χ4v) is 2.17. The largest absolute Gasteiger partial charge is 0.481 e. The Labute approximate surface area is 119 Å². The molecule has 0 aliphatic heterocycles. The first kappa shape index (κ1) is 18.2. The maximum atomic E-state index is 11.3. The van der Waals surface area contributed by atoms with Crippen LogP contribution in [-0.2, 0) is 4.79 Å². The van der Waals surface area contributed by atoms with Crippen LogP contribution in [0.25, 0.3) is 0 Å². The van der Waals surface area contributed by atoms with Gasteiger partial charge < -0.3 is 5.11 Å². The molecule has 0 saturated carbocycles. The number of rotatable bonds is 7. The number of hydrogen-bond acceptors (Lipinski definition) is 1. The third kappa shape index (κ3) is 5.80. The van der Waals surface area contributed by atoms with Crippen molar-refractivity contribution in [2.45, 2.75) is 74.7 Å². The Morgan fingerprint density at radius 1 is 1.05 bits per heavy atom. The van der Waals surface area contributed by atoms with E-state index in [1.165, 1.54) is 5.57 Å². The molecular formula is C17H32O2. The average molecular weight is 268 g/mol. The Bertz CT molecular complexity index is 346. The highest BCUT2D eigenvalue weighted by Gasteiger charge is 2.35. The predicted octanol–water partition coefficient (Wildman–Crippen LogP) is 5.29. The summed E-state index contributed by atoms with van der Waals surface area (Å²) in [5.41, 5.74) is 0.855. The van der Waals surface area contributed by atoms with E-state index in [0.29, 0.717) is 11.8 Å². The smallest absolute Gasteiger partial charge is 0.309 e. The summed E-state index contributed by atoms with van der Waals surface area (Å²) in [6, 6.07) is 0. The standard InChI is InChI=1S/C17H32O2/c1-9-15(3,4)11-10-13(2)16(5,6)12-17(7,8)14(18)19/h10H,9,11-12H2,1-8H3,(H,18,19)/b13-10-. The van der Waals surface area contributed by atoms with Gasteiger partial charge in [0.25, 0.3) is 0 Å². The van der Waals surface area contributed by atoms with Gasteiger partial charge in [-0.15, -0.1) is 0 Å². The molecule has 0 aliphatic rings. The maximum absolute atomic E-state index is 11.3. The van der Waals surface area contributed by atoms with Crippen LogP contribution < -0.4 is 0 Å². The zero-order chi connectivity index (χ0) is 15.5. The van der Waals surface area contributed by atoms with Crippen molar-refractivity contribution in [1.82, 2.24) is 0 Å². The van der Waals surface area contributed by atoms with E-state index in [9.17, 15) is 9.90 Å². The molecule has 0 amide bonds. The van der Waals surface area contributed by atoms with Crippen molar-refractivity contribution in [3.63, 3.8) is 0 Å². The predicted molar refractivity (Wildman–Crippen MR) is 82.3 cm³/mol. The summed E-state index contributed by atoms with van der Waals surface area (Å²) in [6.07, 6.45) is 5.15. The van der Waals surface area contributed by atoms with E-state index < -0.39 is 11.4 Å². The quantitative estimate of drug-likeness (QED) is 0.637. The van der Waals surface area contributed by atoms with Gasteiger partial charge in [0.05, 0.1) is 5.41 Å². The normalized spacial score (nSPS) is 14.6. The summed E-state index contributed by atoms with van der Waals surface area (Å²) in [5.74, 6) is -0.720. The third-order valence-corrected chi connectivity index (χ3v) is 4.45. The zero-order valence-electron chi connectivity index (χ0n) is 14.1. The highest BCUT2D eigenvalue weighted by molar-refractivity contribution is 5.73. The SMILES string of the molecule is CCC(C)(C)C/C=C(/C)C(C)(C)CC(C)(C)C(=O)O. The molecule has 0 atom stereocenters. The van der Waals surface area contributed by atoms with Crippen LogP contribution in [0.15, 0.2) is 11.6 Å². The van der Waals surface area contributed by atoms with E-state index in [0.717, 1.165) is 12.8 Å². The Balaban J connectivity index is 4.91. The van der Waals surface area contributed by atoms with E-state index in [2.05, 4.69) is 47.6 Å². The monoisotopic (exact) mass is 268 g/mol. The van der Waals surface area contributed by atoms with E-state index in [1.54, 1.807) is 13.8 Å². The van der Waals surface area contributed by atoms with Crippen molar-refractivity contribution in [2.75, 3.05) is 0 Å². The minimum Gasteiger partial charge on any atom is -0.481 e. The Kier molecular flexibility index (Phi) is 5.85. The lowest BCUT2D eigenvalue weighted by Gasteiger charge is -2.34. The first-order chi connectivity index (χ1) is 8.34. The molecule has 112 valence electrons. The number of carboxylic acids is 1. The van der Waals surface area contributed by atoms with E-state index >= 15 is 0 Å². The van der Waals surface area contributed by atoms with Gasteiger partial charge in [0.1, 0.15) is 0 Å². The summed E-state index contributed by atoms with van der Waals surface area (Å²) in [6.45, 7) is 16.8. The van der Waals surface area contributed by atoms with E-state index in [4.69, 9.17) is 0 Å². The van der Waals surface area contributed by atoms with Crippen LogP contribution in [0.4, 0.5) is 0 Å². The van der Waals surface area contributed by atoms with E-state index in [-0.39, 0.29) is 5.41 Å². The van der Waals surface area contributed by atoms with Gasteiger partial charge in [-0.3, -0.25) is 4.79 Å². The van der Waals surface area contributed by atoms with Crippen molar-refractivity contribution >= 4 is 5.97 Å². The van der Waals surface area contributed by atoms with Gasteiger partial charge in [0, 0.05) is 0 Å². The number of aliphatic carboxylic acids is 1. The van der Waals surface area contributed by atoms with Crippen molar-refractivity contribution in [2.24, 2.45) is 16.2 Å². The molecule has 0 bridgehead atoms. The van der Waals surface area contributed by atoms with Crippen molar-refractivity contribution < 1.29 is 9.90 Å². The average Bonchev–Trinajstić information content (AvgIpc) is 2.24. The molecule has 19 heavy (non-hydrogen) atoms. The van der Waals surface area contributed by atoms with Crippen LogP contribution in [0.5, 0.6) is 0 Å². The Morgan fingerprint density at radius 3 is 1.89 bits per heavy atom. The van der Waals surface area contributed by atoms with Crippen molar-refractivity contribution in [3.05, 3.63) is 11.6 Å². The number of hydrogen-bond donors (Lipinski definition) is 1. The highest BCUT2D eigenvalue weighted by atomic mass is 16.4. The molecule has 0 heterocycles. The number of carbonyl (C=O) groups is 1. The van der Waals surface area contributed by atoms with Gasteiger partial charge in [-0.2, -0.15) is 0 Å². The first-order valence-electron chi connectivity index (χ1n) is 7.25. The molecule has 0 radical (unpaired) electrons. The molecule has 0 aromatic carbocycles. The summed E-state index contributed by atoms with van der Waals surface area (Å²) in [5, 5.41) is 9.26. The maximum Gasteiger partial charge on any atom is 0.309 e. The van der Waals surface area contributed by atoms with Crippen LogP contribution in [0.2, 0.25) is 0 Å². The molecule has 0 aromatic rings.